The Kier molecular flexibility index (Phi) is 4.82. The maximum atomic E-state index is 11.9. The number of hydrogen-bond donors (Lipinski definition) is 1. The van der Waals surface area contributed by atoms with Crippen LogP contribution in [0.3, 0.4) is 0 Å². The molecule has 2 aromatic carbocycles. The molecule has 0 spiro atoms. The Hall–Kier alpha value is -2.05. The van der Waals surface area contributed by atoms with E-state index in [9.17, 15) is 8.42 Å². The molecule has 0 aliphatic carbocycles. The highest BCUT2D eigenvalue weighted by Gasteiger charge is 2.14. The summed E-state index contributed by atoms with van der Waals surface area (Å²) >= 11 is 0. The van der Waals surface area contributed by atoms with Gasteiger partial charge in [0.05, 0.1) is 4.90 Å². The molecule has 21 heavy (non-hydrogen) atoms. The second-order valence-corrected chi connectivity index (χ2v) is 6.12. The van der Waals surface area contributed by atoms with Gasteiger partial charge in [-0.2, -0.15) is 8.42 Å². The van der Waals surface area contributed by atoms with E-state index in [1.165, 1.54) is 12.1 Å². The summed E-state index contributed by atoms with van der Waals surface area (Å²) in [7, 11) is -3.74. The zero-order valence-electron chi connectivity index (χ0n) is 11.7. The average molecular weight is 307 g/mol. The fourth-order valence-corrected chi connectivity index (χ4v) is 2.53. The van der Waals surface area contributed by atoms with Crippen molar-refractivity contribution in [2.75, 3.05) is 18.9 Å². The summed E-state index contributed by atoms with van der Waals surface area (Å²) in [4.78, 5) is 0.139. The molecule has 0 saturated heterocycles. The zero-order chi connectivity index (χ0) is 15.3. The van der Waals surface area contributed by atoms with E-state index in [1.807, 2.05) is 6.92 Å². The van der Waals surface area contributed by atoms with Gasteiger partial charge in [-0.25, -0.2) is 0 Å². The number of nitrogen functional groups attached to an aromatic ring is 1. The van der Waals surface area contributed by atoms with Crippen molar-refractivity contribution in [3.05, 3.63) is 54.1 Å². The minimum absolute atomic E-state index is 0.0550. The smallest absolute Gasteiger partial charge is 0.297 e. The SMILES string of the molecule is Cc1ccc(S(=O)(=O)OCCOc2ccc(N)cc2)cc1. The van der Waals surface area contributed by atoms with Gasteiger partial charge in [-0.3, -0.25) is 4.18 Å². The van der Waals surface area contributed by atoms with Gasteiger partial charge in [-0.15, -0.1) is 0 Å². The fraction of sp³-hybridized carbons (Fsp3) is 0.200. The molecule has 0 saturated carbocycles. The van der Waals surface area contributed by atoms with Gasteiger partial charge in [0.1, 0.15) is 19.0 Å². The number of rotatable bonds is 6. The van der Waals surface area contributed by atoms with E-state index in [1.54, 1.807) is 36.4 Å². The topological polar surface area (TPSA) is 78.6 Å². The van der Waals surface area contributed by atoms with Gasteiger partial charge in [-0.05, 0) is 43.3 Å². The Morgan fingerprint density at radius 2 is 1.57 bits per heavy atom. The molecule has 6 heteroatoms. The molecule has 0 aliphatic rings. The zero-order valence-corrected chi connectivity index (χ0v) is 12.5. The molecular weight excluding hydrogens is 290 g/mol. The lowest BCUT2D eigenvalue weighted by atomic mass is 10.2. The third-order valence-electron chi connectivity index (χ3n) is 2.78. The van der Waals surface area contributed by atoms with Crippen LogP contribution in [0.4, 0.5) is 5.69 Å². The molecule has 0 radical (unpaired) electrons. The lowest BCUT2D eigenvalue weighted by Crippen LogP contribution is -2.13. The van der Waals surface area contributed by atoms with Gasteiger partial charge < -0.3 is 10.5 Å². The molecule has 0 aromatic heterocycles. The largest absolute Gasteiger partial charge is 0.491 e. The summed E-state index contributed by atoms with van der Waals surface area (Å²) in [6.45, 7) is 1.97. The maximum Gasteiger partial charge on any atom is 0.297 e. The first-order valence-corrected chi connectivity index (χ1v) is 7.83. The average Bonchev–Trinajstić information content (AvgIpc) is 2.46. The van der Waals surface area contributed by atoms with Crippen molar-refractivity contribution in [3.8, 4) is 5.75 Å². The Labute approximate surface area is 124 Å². The third kappa shape index (κ3) is 4.47. The highest BCUT2D eigenvalue weighted by atomic mass is 32.2. The van der Waals surface area contributed by atoms with Gasteiger partial charge in [0.15, 0.2) is 0 Å². The molecular formula is C15H17NO4S. The second-order valence-electron chi connectivity index (χ2n) is 4.51. The molecule has 0 bridgehead atoms. The van der Waals surface area contributed by atoms with E-state index in [0.29, 0.717) is 11.4 Å². The Balaban J connectivity index is 1.85. The first-order chi connectivity index (χ1) is 9.97. The molecule has 0 amide bonds. The molecule has 0 unspecified atom stereocenters. The minimum Gasteiger partial charge on any atom is -0.491 e. The van der Waals surface area contributed by atoms with Gasteiger partial charge >= 0.3 is 0 Å². The van der Waals surface area contributed by atoms with E-state index >= 15 is 0 Å². The highest BCUT2D eigenvalue weighted by molar-refractivity contribution is 7.86. The van der Waals surface area contributed by atoms with Crippen LogP contribution in [-0.2, 0) is 14.3 Å². The molecule has 5 nitrogen and oxygen atoms in total. The van der Waals surface area contributed by atoms with E-state index in [4.69, 9.17) is 14.7 Å². The summed E-state index contributed by atoms with van der Waals surface area (Å²) in [5, 5.41) is 0. The number of benzene rings is 2. The van der Waals surface area contributed by atoms with Crippen molar-refractivity contribution in [1.29, 1.82) is 0 Å². The van der Waals surface area contributed by atoms with Crippen LogP contribution in [0.25, 0.3) is 0 Å². The van der Waals surface area contributed by atoms with Gasteiger partial charge in [0.25, 0.3) is 10.1 Å². The highest BCUT2D eigenvalue weighted by Crippen LogP contribution is 2.15. The quantitative estimate of drug-likeness (QED) is 0.503. The van der Waals surface area contributed by atoms with Crippen molar-refractivity contribution in [3.63, 3.8) is 0 Å². The summed E-state index contributed by atoms with van der Waals surface area (Å²) in [6.07, 6.45) is 0. The van der Waals surface area contributed by atoms with Crippen LogP contribution in [0.1, 0.15) is 5.56 Å². The first-order valence-electron chi connectivity index (χ1n) is 6.42. The molecule has 0 heterocycles. The van der Waals surface area contributed by atoms with Crippen molar-refractivity contribution in [1.82, 2.24) is 0 Å². The van der Waals surface area contributed by atoms with Crippen LogP contribution in [0, 0.1) is 6.92 Å². The van der Waals surface area contributed by atoms with Crippen LogP contribution in [0.2, 0.25) is 0 Å². The Morgan fingerprint density at radius 3 is 2.19 bits per heavy atom. The fourth-order valence-electron chi connectivity index (χ4n) is 1.64. The summed E-state index contributed by atoms with van der Waals surface area (Å²) in [6, 6.07) is 13.3. The molecule has 2 aromatic rings. The van der Waals surface area contributed by atoms with Crippen LogP contribution in [0.15, 0.2) is 53.4 Å². The summed E-state index contributed by atoms with van der Waals surface area (Å²) in [5.41, 5.74) is 7.18. The summed E-state index contributed by atoms with van der Waals surface area (Å²) < 4.78 is 34.1. The van der Waals surface area contributed by atoms with Crippen LogP contribution in [0.5, 0.6) is 5.75 Å². The molecule has 0 aliphatic heterocycles. The molecule has 112 valence electrons. The molecule has 2 N–H and O–H groups in total. The molecule has 0 atom stereocenters. The number of hydrogen-bond acceptors (Lipinski definition) is 5. The number of anilines is 1. The van der Waals surface area contributed by atoms with E-state index in [-0.39, 0.29) is 18.1 Å². The van der Waals surface area contributed by atoms with Crippen LogP contribution >= 0.6 is 0 Å². The standard InChI is InChI=1S/C15H17NO4S/c1-12-2-8-15(9-3-12)21(17,18)20-11-10-19-14-6-4-13(16)5-7-14/h2-9H,10-11,16H2,1H3. The van der Waals surface area contributed by atoms with E-state index in [0.717, 1.165) is 5.56 Å². The van der Waals surface area contributed by atoms with Crippen molar-refractivity contribution < 1.29 is 17.3 Å². The number of ether oxygens (including phenoxy) is 1. The van der Waals surface area contributed by atoms with Crippen molar-refractivity contribution in [2.45, 2.75) is 11.8 Å². The predicted octanol–water partition coefficient (Wildman–Crippen LogP) is 2.36. The Bertz CT molecular complexity index is 679. The first kappa shape index (κ1) is 15.3. The maximum absolute atomic E-state index is 11.9. The van der Waals surface area contributed by atoms with Gasteiger partial charge in [0, 0.05) is 5.69 Å². The summed E-state index contributed by atoms with van der Waals surface area (Å²) in [5.74, 6) is 0.612. The monoisotopic (exact) mass is 307 g/mol. The number of nitrogens with two attached hydrogens (primary N) is 1. The van der Waals surface area contributed by atoms with Crippen LogP contribution in [-0.4, -0.2) is 21.6 Å². The minimum atomic E-state index is -3.74. The predicted molar refractivity (Wildman–Crippen MR) is 80.7 cm³/mol. The van der Waals surface area contributed by atoms with E-state index < -0.39 is 10.1 Å². The van der Waals surface area contributed by atoms with Gasteiger partial charge in [-0.1, -0.05) is 17.7 Å². The van der Waals surface area contributed by atoms with Crippen molar-refractivity contribution in [2.24, 2.45) is 0 Å². The third-order valence-corrected chi connectivity index (χ3v) is 4.11. The molecule has 0 fully saturated rings. The normalized spacial score (nSPS) is 11.3. The second kappa shape index (κ2) is 6.60. The van der Waals surface area contributed by atoms with Crippen molar-refractivity contribution >= 4 is 15.8 Å². The Morgan fingerprint density at radius 1 is 0.952 bits per heavy atom. The number of aryl methyl sites for hydroxylation is 1. The lowest BCUT2D eigenvalue weighted by Gasteiger charge is -2.08. The van der Waals surface area contributed by atoms with E-state index in [2.05, 4.69) is 0 Å². The van der Waals surface area contributed by atoms with Crippen LogP contribution < -0.4 is 10.5 Å². The lowest BCUT2D eigenvalue weighted by molar-refractivity contribution is 0.221. The van der Waals surface area contributed by atoms with Gasteiger partial charge in [0.2, 0.25) is 0 Å². The molecule has 2 rings (SSSR count).